The van der Waals surface area contributed by atoms with Crippen molar-refractivity contribution in [2.75, 3.05) is 33.4 Å². The number of rotatable bonds is 11. The van der Waals surface area contributed by atoms with Crippen LogP contribution in [-0.4, -0.2) is 49.5 Å². The predicted molar refractivity (Wildman–Crippen MR) is 94.8 cm³/mol. The van der Waals surface area contributed by atoms with Gasteiger partial charge >= 0.3 is 0 Å². The molecule has 0 aliphatic rings. The van der Waals surface area contributed by atoms with Gasteiger partial charge in [-0.15, -0.1) is 0 Å². The van der Waals surface area contributed by atoms with Crippen LogP contribution in [0.4, 0.5) is 0 Å². The van der Waals surface area contributed by atoms with Crippen LogP contribution in [-0.2, 0) is 11.3 Å². The molecule has 23 heavy (non-hydrogen) atoms. The monoisotopic (exact) mass is 323 g/mol. The van der Waals surface area contributed by atoms with Gasteiger partial charge in [0.25, 0.3) is 0 Å². The first-order chi connectivity index (χ1) is 10.9. The summed E-state index contributed by atoms with van der Waals surface area (Å²) < 4.78 is 10.7. The first-order valence-electron chi connectivity index (χ1n) is 8.51. The number of methoxy groups -OCH3 is 1. The molecule has 0 radical (unpaired) electrons. The summed E-state index contributed by atoms with van der Waals surface area (Å²) in [7, 11) is 1.67. The Hall–Kier alpha value is -1.10. The zero-order valence-electron chi connectivity index (χ0n) is 15.3. The van der Waals surface area contributed by atoms with Gasteiger partial charge in [0.15, 0.2) is 0 Å². The maximum absolute atomic E-state index is 10.2. The minimum atomic E-state index is -0.453. The van der Waals surface area contributed by atoms with Crippen molar-refractivity contribution >= 4 is 0 Å². The summed E-state index contributed by atoms with van der Waals surface area (Å²) in [5, 5.41) is 10.2. The van der Waals surface area contributed by atoms with Crippen LogP contribution in [0.5, 0.6) is 5.75 Å². The van der Waals surface area contributed by atoms with Gasteiger partial charge in [-0.1, -0.05) is 39.8 Å². The van der Waals surface area contributed by atoms with Crippen molar-refractivity contribution in [3.05, 3.63) is 29.8 Å². The van der Waals surface area contributed by atoms with Gasteiger partial charge in [-0.25, -0.2) is 0 Å². The van der Waals surface area contributed by atoms with E-state index in [0.717, 1.165) is 18.8 Å². The normalized spacial score (nSPS) is 13.1. The van der Waals surface area contributed by atoms with E-state index < -0.39 is 6.10 Å². The van der Waals surface area contributed by atoms with Gasteiger partial charge in [-0.05, 0) is 29.5 Å². The SMILES string of the molecule is COc1ccc(CN(CC(C)C)CC(O)COCC(C)C)cc1. The molecular formula is C19H33NO3. The van der Waals surface area contributed by atoms with Gasteiger partial charge in [-0.3, -0.25) is 4.90 Å². The lowest BCUT2D eigenvalue weighted by Crippen LogP contribution is -2.37. The third-order valence-electron chi connectivity index (χ3n) is 3.42. The molecule has 1 unspecified atom stereocenters. The molecular weight excluding hydrogens is 290 g/mol. The fourth-order valence-electron chi connectivity index (χ4n) is 2.50. The van der Waals surface area contributed by atoms with E-state index in [9.17, 15) is 5.11 Å². The summed E-state index contributed by atoms with van der Waals surface area (Å²) in [4.78, 5) is 2.29. The van der Waals surface area contributed by atoms with Crippen LogP contribution in [0.3, 0.4) is 0 Å². The third-order valence-corrected chi connectivity index (χ3v) is 3.42. The molecule has 0 fully saturated rings. The smallest absolute Gasteiger partial charge is 0.118 e. The number of aliphatic hydroxyl groups is 1. The van der Waals surface area contributed by atoms with Crippen molar-refractivity contribution in [2.45, 2.75) is 40.3 Å². The molecule has 0 saturated heterocycles. The van der Waals surface area contributed by atoms with Gasteiger partial charge in [0.2, 0.25) is 0 Å². The number of benzene rings is 1. The number of hydrogen-bond acceptors (Lipinski definition) is 4. The predicted octanol–water partition coefficient (Wildman–Crippen LogP) is 3.19. The second-order valence-electron chi connectivity index (χ2n) is 7.02. The molecule has 4 nitrogen and oxygen atoms in total. The molecule has 4 heteroatoms. The molecule has 1 aromatic carbocycles. The number of nitrogens with zero attached hydrogens (tertiary/aromatic N) is 1. The van der Waals surface area contributed by atoms with Crippen LogP contribution >= 0.6 is 0 Å². The Morgan fingerprint density at radius 2 is 1.61 bits per heavy atom. The average molecular weight is 323 g/mol. The Labute approximate surface area is 141 Å². The number of aliphatic hydroxyl groups excluding tert-OH is 1. The fourth-order valence-corrected chi connectivity index (χ4v) is 2.50. The van der Waals surface area contributed by atoms with Gasteiger partial charge in [-0.2, -0.15) is 0 Å². The summed E-state index contributed by atoms with van der Waals surface area (Å²) in [5.74, 6) is 1.91. The summed E-state index contributed by atoms with van der Waals surface area (Å²) in [6, 6.07) is 8.11. The highest BCUT2D eigenvalue weighted by atomic mass is 16.5. The summed E-state index contributed by atoms with van der Waals surface area (Å²) in [6.07, 6.45) is -0.453. The van der Waals surface area contributed by atoms with E-state index in [4.69, 9.17) is 9.47 Å². The van der Waals surface area contributed by atoms with E-state index in [-0.39, 0.29) is 0 Å². The molecule has 0 heterocycles. The molecule has 0 bridgehead atoms. The third kappa shape index (κ3) is 8.94. The van der Waals surface area contributed by atoms with Crippen LogP contribution < -0.4 is 4.74 Å². The fraction of sp³-hybridized carbons (Fsp3) is 0.684. The van der Waals surface area contributed by atoms with Crippen molar-refractivity contribution in [3.63, 3.8) is 0 Å². The van der Waals surface area contributed by atoms with E-state index in [2.05, 4.69) is 44.7 Å². The Bertz CT molecular complexity index is 417. The van der Waals surface area contributed by atoms with Crippen molar-refractivity contribution < 1.29 is 14.6 Å². The molecule has 1 rings (SSSR count). The Morgan fingerprint density at radius 3 is 2.13 bits per heavy atom. The lowest BCUT2D eigenvalue weighted by atomic mass is 10.1. The van der Waals surface area contributed by atoms with E-state index in [1.54, 1.807) is 7.11 Å². The molecule has 0 aliphatic heterocycles. The van der Waals surface area contributed by atoms with Crippen molar-refractivity contribution in [3.8, 4) is 5.75 Å². The summed E-state index contributed by atoms with van der Waals surface area (Å²) >= 11 is 0. The van der Waals surface area contributed by atoms with E-state index in [1.807, 2.05) is 12.1 Å². The van der Waals surface area contributed by atoms with Gasteiger partial charge in [0.1, 0.15) is 5.75 Å². The minimum absolute atomic E-state index is 0.398. The Balaban J connectivity index is 2.53. The standard InChI is InChI=1S/C19H33NO3/c1-15(2)10-20(12-18(21)14-23-13-16(3)4)11-17-6-8-19(22-5)9-7-17/h6-9,15-16,18,21H,10-14H2,1-5H3. The lowest BCUT2D eigenvalue weighted by Gasteiger charge is -2.27. The second kappa shape index (κ2) is 10.6. The molecule has 1 aromatic rings. The highest BCUT2D eigenvalue weighted by Gasteiger charge is 2.14. The van der Waals surface area contributed by atoms with Crippen LogP contribution in [0.15, 0.2) is 24.3 Å². The number of hydrogen-bond donors (Lipinski definition) is 1. The first kappa shape index (κ1) is 19.9. The molecule has 0 amide bonds. The largest absolute Gasteiger partial charge is 0.497 e. The maximum Gasteiger partial charge on any atom is 0.118 e. The van der Waals surface area contributed by atoms with E-state index in [0.29, 0.717) is 31.6 Å². The molecule has 1 N–H and O–H groups in total. The quantitative estimate of drug-likeness (QED) is 0.679. The topological polar surface area (TPSA) is 41.9 Å². The van der Waals surface area contributed by atoms with E-state index >= 15 is 0 Å². The Morgan fingerprint density at radius 1 is 0.957 bits per heavy atom. The van der Waals surface area contributed by atoms with Crippen LogP contribution in [0.1, 0.15) is 33.3 Å². The van der Waals surface area contributed by atoms with Gasteiger partial charge < -0.3 is 14.6 Å². The molecule has 1 atom stereocenters. The highest BCUT2D eigenvalue weighted by Crippen LogP contribution is 2.14. The molecule has 132 valence electrons. The zero-order valence-corrected chi connectivity index (χ0v) is 15.3. The van der Waals surface area contributed by atoms with Crippen LogP contribution in [0, 0.1) is 11.8 Å². The number of ether oxygens (including phenoxy) is 2. The first-order valence-corrected chi connectivity index (χ1v) is 8.51. The lowest BCUT2D eigenvalue weighted by molar-refractivity contribution is 0.00522. The zero-order chi connectivity index (χ0) is 17.2. The van der Waals surface area contributed by atoms with Crippen molar-refractivity contribution in [1.29, 1.82) is 0 Å². The summed E-state index contributed by atoms with van der Waals surface area (Å²) in [5.41, 5.74) is 1.22. The molecule has 0 aromatic heterocycles. The highest BCUT2D eigenvalue weighted by molar-refractivity contribution is 5.27. The second-order valence-corrected chi connectivity index (χ2v) is 7.02. The van der Waals surface area contributed by atoms with Crippen LogP contribution in [0.2, 0.25) is 0 Å². The average Bonchev–Trinajstić information content (AvgIpc) is 2.46. The Kier molecular flexibility index (Phi) is 9.22. The van der Waals surface area contributed by atoms with Crippen molar-refractivity contribution in [1.82, 2.24) is 4.90 Å². The maximum atomic E-state index is 10.2. The summed E-state index contributed by atoms with van der Waals surface area (Å²) in [6.45, 7) is 12.1. The van der Waals surface area contributed by atoms with E-state index in [1.165, 1.54) is 5.56 Å². The molecule has 0 aliphatic carbocycles. The van der Waals surface area contributed by atoms with Gasteiger partial charge in [0, 0.05) is 26.2 Å². The van der Waals surface area contributed by atoms with Crippen molar-refractivity contribution in [2.24, 2.45) is 11.8 Å². The minimum Gasteiger partial charge on any atom is -0.497 e. The van der Waals surface area contributed by atoms with Crippen LogP contribution in [0.25, 0.3) is 0 Å². The molecule has 0 saturated carbocycles. The molecule has 0 spiro atoms. The van der Waals surface area contributed by atoms with Gasteiger partial charge in [0.05, 0.1) is 19.8 Å².